The predicted molar refractivity (Wildman–Crippen MR) is 99.9 cm³/mol. The normalized spacial score (nSPS) is 18.0. The van der Waals surface area contributed by atoms with Gasteiger partial charge in [-0.3, -0.25) is 9.78 Å². The number of likely N-dealkylation sites (tertiary alicyclic amines) is 1. The van der Waals surface area contributed by atoms with Gasteiger partial charge in [-0.25, -0.2) is 0 Å². The summed E-state index contributed by atoms with van der Waals surface area (Å²) in [7, 11) is 0. The second kappa shape index (κ2) is 7.28. The molecule has 0 spiro atoms. The summed E-state index contributed by atoms with van der Waals surface area (Å²) in [6, 6.07) is 10.4. The Labute approximate surface area is 153 Å². The second-order valence-corrected chi connectivity index (χ2v) is 7.17. The third kappa shape index (κ3) is 3.62. The third-order valence-electron chi connectivity index (χ3n) is 5.21. The Morgan fingerprint density at radius 2 is 2.12 bits per heavy atom. The number of carbonyl (C=O) groups excluding carboxylic acids is 1. The van der Waals surface area contributed by atoms with E-state index >= 15 is 0 Å². The van der Waals surface area contributed by atoms with Crippen LogP contribution in [0.4, 0.5) is 0 Å². The van der Waals surface area contributed by atoms with E-state index in [0.29, 0.717) is 17.4 Å². The fourth-order valence-electron chi connectivity index (χ4n) is 3.79. The van der Waals surface area contributed by atoms with Gasteiger partial charge >= 0.3 is 0 Å². The molecule has 1 fully saturated rings. The molecule has 1 aliphatic heterocycles. The van der Waals surface area contributed by atoms with Gasteiger partial charge in [0.05, 0.1) is 0 Å². The van der Waals surface area contributed by atoms with Crippen LogP contribution in [0.1, 0.15) is 41.1 Å². The molecule has 2 aromatic heterocycles. The van der Waals surface area contributed by atoms with Crippen LogP contribution in [0.5, 0.6) is 0 Å². The number of fused-ring (bicyclic) bond motifs is 1. The monoisotopic (exact) mass is 349 g/mol. The molecule has 0 radical (unpaired) electrons. The molecule has 0 saturated carbocycles. The van der Waals surface area contributed by atoms with Crippen LogP contribution < -0.4 is 0 Å². The summed E-state index contributed by atoms with van der Waals surface area (Å²) in [5.74, 6) is 1.26. The van der Waals surface area contributed by atoms with E-state index in [1.165, 1.54) is 16.3 Å². The highest BCUT2D eigenvalue weighted by molar-refractivity contribution is 5.92. The summed E-state index contributed by atoms with van der Waals surface area (Å²) in [5, 5.41) is 6.28. The number of hydrogen-bond acceptors (Lipinski definition) is 4. The van der Waals surface area contributed by atoms with Crippen molar-refractivity contribution in [1.82, 2.24) is 15.0 Å². The largest absolute Gasteiger partial charge is 0.361 e. The number of aromatic nitrogens is 2. The Balaban J connectivity index is 1.40. The van der Waals surface area contributed by atoms with Gasteiger partial charge in [-0.1, -0.05) is 23.4 Å². The first-order chi connectivity index (χ1) is 12.7. The number of hydrogen-bond donors (Lipinski definition) is 0. The highest BCUT2D eigenvalue weighted by Gasteiger charge is 2.23. The van der Waals surface area contributed by atoms with E-state index in [-0.39, 0.29) is 5.91 Å². The third-order valence-corrected chi connectivity index (χ3v) is 5.21. The van der Waals surface area contributed by atoms with E-state index in [4.69, 9.17) is 4.52 Å². The zero-order chi connectivity index (χ0) is 17.9. The smallest absolute Gasteiger partial charge is 0.276 e. The van der Waals surface area contributed by atoms with Crippen molar-refractivity contribution in [2.75, 3.05) is 13.1 Å². The van der Waals surface area contributed by atoms with Crippen LogP contribution in [0.3, 0.4) is 0 Å². The minimum absolute atomic E-state index is 0.0132. The molecule has 4 rings (SSSR count). The quantitative estimate of drug-likeness (QED) is 0.717. The van der Waals surface area contributed by atoms with Crippen LogP contribution in [0.25, 0.3) is 10.8 Å². The Morgan fingerprint density at radius 1 is 1.19 bits per heavy atom. The van der Waals surface area contributed by atoms with Crippen molar-refractivity contribution in [1.29, 1.82) is 0 Å². The Morgan fingerprint density at radius 3 is 2.96 bits per heavy atom. The van der Waals surface area contributed by atoms with Gasteiger partial charge in [0.25, 0.3) is 5.91 Å². The molecular weight excluding hydrogens is 326 g/mol. The van der Waals surface area contributed by atoms with Crippen molar-refractivity contribution in [3.05, 3.63) is 59.7 Å². The van der Waals surface area contributed by atoms with E-state index < -0.39 is 0 Å². The predicted octanol–water partition coefficient (Wildman–Crippen LogP) is 4.02. The van der Waals surface area contributed by atoms with Gasteiger partial charge in [-0.2, -0.15) is 0 Å². The molecule has 5 heteroatoms. The standard InChI is InChI=1S/C21H23N3O2/c1-15-11-20(23-26-15)21(25)24-9-2-3-16(7-10-24)12-17-4-5-19-14-22-8-6-18(19)13-17/h4-6,8,11,13-14,16H,2-3,7,9-10,12H2,1H3. The van der Waals surface area contributed by atoms with Crippen LogP contribution in [0, 0.1) is 12.8 Å². The fraction of sp³-hybridized carbons (Fsp3) is 0.381. The van der Waals surface area contributed by atoms with Crippen molar-refractivity contribution < 1.29 is 9.32 Å². The maximum atomic E-state index is 12.6. The molecule has 5 nitrogen and oxygen atoms in total. The highest BCUT2D eigenvalue weighted by atomic mass is 16.5. The number of nitrogens with zero attached hydrogens (tertiary/aromatic N) is 3. The molecule has 134 valence electrons. The lowest BCUT2D eigenvalue weighted by molar-refractivity contribution is 0.0749. The molecule has 1 amide bonds. The number of aryl methyl sites for hydroxylation is 1. The molecule has 1 unspecified atom stereocenters. The first-order valence-corrected chi connectivity index (χ1v) is 9.24. The number of rotatable bonds is 3. The van der Waals surface area contributed by atoms with E-state index in [1.807, 2.05) is 24.2 Å². The minimum atomic E-state index is -0.0132. The van der Waals surface area contributed by atoms with Gasteiger partial charge in [-0.15, -0.1) is 0 Å². The van der Waals surface area contributed by atoms with Gasteiger partial charge in [0.15, 0.2) is 5.69 Å². The lowest BCUT2D eigenvalue weighted by Crippen LogP contribution is -2.32. The van der Waals surface area contributed by atoms with Gasteiger partial charge in [0, 0.05) is 36.9 Å². The van der Waals surface area contributed by atoms with E-state index in [0.717, 1.165) is 38.8 Å². The molecule has 3 aromatic rings. The van der Waals surface area contributed by atoms with Crippen LogP contribution >= 0.6 is 0 Å². The Bertz CT molecular complexity index is 918. The topological polar surface area (TPSA) is 59.2 Å². The SMILES string of the molecule is Cc1cc(C(=O)N2CCCC(Cc3ccc4cnccc4c3)CC2)no1. The van der Waals surface area contributed by atoms with Crippen LogP contribution in [0.15, 0.2) is 47.2 Å². The molecular formula is C21H23N3O2. The maximum Gasteiger partial charge on any atom is 0.276 e. The lowest BCUT2D eigenvalue weighted by atomic mass is 9.92. The number of amides is 1. The summed E-state index contributed by atoms with van der Waals surface area (Å²) in [6.07, 6.45) is 8.01. The number of carbonyl (C=O) groups is 1. The van der Waals surface area contributed by atoms with Gasteiger partial charge < -0.3 is 9.42 Å². The van der Waals surface area contributed by atoms with Gasteiger partial charge in [-0.05, 0) is 55.5 Å². The second-order valence-electron chi connectivity index (χ2n) is 7.17. The molecule has 26 heavy (non-hydrogen) atoms. The minimum Gasteiger partial charge on any atom is -0.361 e. The number of benzene rings is 1. The molecule has 0 bridgehead atoms. The van der Waals surface area contributed by atoms with Crippen LogP contribution in [0.2, 0.25) is 0 Å². The highest BCUT2D eigenvalue weighted by Crippen LogP contribution is 2.24. The summed E-state index contributed by atoms with van der Waals surface area (Å²) in [6.45, 7) is 3.39. The first-order valence-electron chi connectivity index (χ1n) is 9.24. The summed E-state index contributed by atoms with van der Waals surface area (Å²) >= 11 is 0. The number of pyridine rings is 1. The van der Waals surface area contributed by atoms with Crippen molar-refractivity contribution in [3.8, 4) is 0 Å². The Kier molecular flexibility index (Phi) is 4.69. The summed E-state index contributed by atoms with van der Waals surface area (Å²) in [5.41, 5.74) is 1.78. The Hall–Kier alpha value is -2.69. The lowest BCUT2D eigenvalue weighted by Gasteiger charge is -2.19. The maximum absolute atomic E-state index is 12.6. The summed E-state index contributed by atoms with van der Waals surface area (Å²) in [4.78, 5) is 18.7. The zero-order valence-corrected chi connectivity index (χ0v) is 15.0. The van der Waals surface area contributed by atoms with E-state index in [1.54, 1.807) is 6.07 Å². The van der Waals surface area contributed by atoms with Gasteiger partial charge in [0.1, 0.15) is 5.76 Å². The molecule has 1 atom stereocenters. The van der Waals surface area contributed by atoms with Crippen molar-refractivity contribution in [3.63, 3.8) is 0 Å². The molecule has 1 aliphatic rings. The van der Waals surface area contributed by atoms with Crippen molar-refractivity contribution >= 4 is 16.7 Å². The average Bonchev–Trinajstić information content (AvgIpc) is 2.96. The first kappa shape index (κ1) is 16.8. The van der Waals surface area contributed by atoms with Crippen molar-refractivity contribution in [2.45, 2.75) is 32.6 Å². The van der Waals surface area contributed by atoms with E-state index in [9.17, 15) is 4.79 Å². The molecule has 0 N–H and O–H groups in total. The molecule has 1 aromatic carbocycles. The summed E-state index contributed by atoms with van der Waals surface area (Å²) < 4.78 is 5.04. The fourth-order valence-corrected chi connectivity index (χ4v) is 3.79. The molecule has 3 heterocycles. The average molecular weight is 349 g/mol. The van der Waals surface area contributed by atoms with Crippen molar-refractivity contribution in [2.24, 2.45) is 5.92 Å². The zero-order valence-electron chi connectivity index (χ0n) is 15.0. The molecule has 0 aliphatic carbocycles. The van der Waals surface area contributed by atoms with Crippen LogP contribution in [-0.2, 0) is 6.42 Å². The van der Waals surface area contributed by atoms with E-state index in [2.05, 4.69) is 34.4 Å². The molecule has 1 saturated heterocycles. The van der Waals surface area contributed by atoms with Gasteiger partial charge in [0.2, 0.25) is 0 Å². The van der Waals surface area contributed by atoms with Crippen LogP contribution in [-0.4, -0.2) is 34.0 Å².